The zero-order valence-corrected chi connectivity index (χ0v) is 9.44. The Hall–Kier alpha value is -1.94. The van der Waals surface area contributed by atoms with Gasteiger partial charge in [0.15, 0.2) is 0 Å². The van der Waals surface area contributed by atoms with Crippen LogP contribution in [-0.4, -0.2) is 10.1 Å². The van der Waals surface area contributed by atoms with Crippen molar-refractivity contribution in [2.24, 2.45) is 0 Å². The van der Waals surface area contributed by atoms with Gasteiger partial charge in [-0.1, -0.05) is 12.1 Å². The van der Waals surface area contributed by atoms with E-state index in [0.717, 1.165) is 5.56 Å². The van der Waals surface area contributed by atoms with Crippen molar-refractivity contribution in [2.75, 3.05) is 5.73 Å². The van der Waals surface area contributed by atoms with Gasteiger partial charge in [-0.2, -0.15) is 0 Å². The predicted molar refractivity (Wildman–Crippen MR) is 64.7 cm³/mol. The van der Waals surface area contributed by atoms with Crippen molar-refractivity contribution in [2.45, 2.75) is 13.5 Å². The number of halogens is 1. The Bertz CT molecular complexity index is 535. The first-order valence-corrected chi connectivity index (χ1v) is 5.25. The number of hydrogen-bond donors (Lipinski definition) is 2. The van der Waals surface area contributed by atoms with Gasteiger partial charge in [-0.25, -0.2) is 9.37 Å². The molecule has 0 saturated heterocycles. The van der Waals surface area contributed by atoms with E-state index in [-0.39, 0.29) is 12.4 Å². The van der Waals surface area contributed by atoms with Crippen LogP contribution in [0, 0.1) is 12.7 Å². The van der Waals surface area contributed by atoms with Crippen LogP contribution in [0.25, 0.3) is 11.3 Å². The Morgan fingerprint density at radius 3 is 2.71 bits per heavy atom. The van der Waals surface area contributed by atoms with Gasteiger partial charge in [0.05, 0.1) is 23.7 Å². The van der Waals surface area contributed by atoms with Crippen molar-refractivity contribution in [3.63, 3.8) is 0 Å². The molecule has 17 heavy (non-hydrogen) atoms. The maximum atomic E-state index is 13.7. The van der Waals surface area contributed by atoms with E-state index >= 15 is 0 Å². The molecule has 3 nitrogen and oxygen atoms in total. The summed E-state index contributed by atoms with van der Waals surface area (Å²) in [5.74, 6) is -0.328. The molecule has 0 unspecified atom stereocenters. The third kappa shape index (κ3) is 2.12. The van der Waals surface area contributed by atoms with Crippen LogP contribution < -0.4 is 5.73 Å². The highest BCUT2D eigenvalue weighted by Gasteiger charge is 2.11. The minimum absolute atomic E-state index is 0.257. The Balaban J connectivity index is 2.61. The van der Waals surface area contributed by atoms with Gasteiger partial charge in [0.1, 0.15) is 5.82 Å². The highest BCUT2D eigenvalue weighted by atomic mass is 19.1. The zero-order valence-electron chi connectivity index (χ0n) is 9.44. The third-order valence-electron chi connectivity index (χ3n) is 2.64. The summed E-state index contributed by atoms with van der Waals surface area (Å²) in [5, 5.41) is 9.09. The molecular formula is C13H13FN2O. The molecular weight excluding hydrogens is 219 g/mol. The number of aromatic nitrogens is 1. The van der Waals surface area contributed by atoms with Crippen LogP contribution in [0.2, 0.25) is 0 Å². The van der Waals surface area contributed by atoms with Gasteiger partial charge < -0.3 is 10.8 Å². The number of nitrogen functional groups attached to an aromatic ring is 1. The number of aliphatic hydroxyl groups is 1. The normalized spacial score (nSPS) is 10.5. The van der Waals surface area contributed by atoms with Gasteiger partial charge in [0.2, 0.25) is 0 Å². The topological polar surface area (TPSA) is 59.1 Å². The summed E-state index contributed by atoms with van der Waals surface area (Å²) >= 11 is 0. The van der Waals surface area contributed by atoms with Gasteiger partial charge in [-0.3, -0.25) is 0 Å². The molecule has 0 radical (unpaired) electrons. The number of aliphatic hydroxyl groups excluding tert-OH is 1. The first-order valence-electron chi connectivity index (χ1n) is 5.25. The first-order chi connectivity index (χ1) is 8.13. The average molecular weight is 232 g/mol. The Labute approximate surface area is 98.7 Å². The molecule has 0 bridgehead atoms. The van der Waals surface area contributed by atoms with E-state index in [1.54, 1.807) is 18.2 Å². The lowest BCUT2D eigenvalue weighted by Gasteiger charge is -2.09. The Morgan fingerprint density at radius 1 is 1.29 bits per heavy atom. The summed E-state index contributed by atoms with van der Waals surface area (Å²) < 4.78 is 13.7. The van der Waals surface area contributed by atoms with Gasteiger partial charge >= 0.3 is 0 Å². The second-order valence-electron chi connectivity index (χ2n) is 3.82. The van der Waals surface area contributed by atoms with Crippen molar-refractivity contribution in [3.05, 3.63) is 47.4 Å². The van der Waals surface area contributed by atoms with E-state index in [1.807, 2.05) is 13.0 Å². The SMILES string of the molecule is Cc1cccc(F)c1-c1ccc(N)c(CO)n1. The number of aryl methyl sites for hydroxylation is 1. The Kier molecular flexibility index (Phi) is 3.06. The quantitative estimate of drug-likeness (QED) is 0.835. The molecule has 0 saturated carbocycles. The van der Waals surface area contributed by atoms with Crippen LogP contribution in [0.15, 0.2) is 30.3 Å². The van der Waals surface area contributed by atoms with E-state index in [0.29, 0.717) is 22.6 Å². The molecule has 1 aromatic carbocycles. The molecule has 0 aliphatic rings. The summed E-state index contributed by atoms with van der Waals surface area (Å²) in [7, 11) is 0. The van der Waals surface area contributed by atoms with Crippen LogP contribution in [0.5, 0.6) is 0 Å². The summed E-state index contributed by atoms with van der Waals surface area (Å²) in [4.78, 5) is 4.17. The summed E-state index contributed by atoms with van der Waals surface area (Å²) in [6, 6.07) is 8.13. The maximum absolute atomic E-state index is 13.7. The molecule has 0 spiro atoms. The van der Waals surface area contributed by atoms with E-state index < -0.39 is 0 Å². The number of pyridine rings is 1. The van der Waals surface area contributed by atoms with E-state index in [2.05, 4.69) is 4.98 Å². The lowest BCUT2D eigenvalue weighted by molar-refractivity contribution is 0.278. The standard InChI is InChI=1S/C13H13FN2O/c1-8-3-2-4-9(14)13(8)11-6-5-10(15)12(7-17)16-11/h2-6,17H,7,15H2,1H3. The zero-order chi connectivity index (χ0) is 12.4. The minimum Gasteiger partial charge on any atom is -0.397 e. The molecule has 0 atom stereocenters. The number of nitrogens with two attached hydrogens (primary N) is 1. The number of benzene rings is 1. The molecule has 3 N–H and O–H groups in total. The van der Waals surface area contributed by atoms with Gasteiger partial charge in [0, 0.05) is 5.56 Å². The van der Waals surface area contributed by atoms with Crippen LogP contribution in [-0.2, 0) is 6.61 Å². The van der Waals surface area contributed by atoms with Crippen molar-refractivity contribution in [1.82, 2.24) is 4.98 Å². The van der Waals surface area contributed by atoms with Gasteiger partial charge in [-0.15, -0.1) is 0 Å². The summed E-state index contributed by atoms with van der Waals surface area (Å²) in [5.41, 5.74) is 8.14. The largest absolute Gasteiger partial charge is 0.397 e. The lowest BCUT2D eigenvalue weighted by Crippen LogP contribution is -2.00. The molecule has 2 aromatic rings. The van der Waals surface area contributed by atoms with E-state index in [4.69, 9.17) is 10.8 Å². The van der Waals surface area contributed by atoms with Crippen LogP contribution >= 0.6 is 0 Å². The third-order valence-corrected chi connectivity index (χ3v) is 2.64. The molecule has 0 amide bonds. The van der Waals surface area contributed by atoms with Crippen LogP contribution in [0.3, 0.4) is 0 Å². The number of rotatable bonds is 2. The van der Waals surface area contributed by atoms with Crippen molar-refractivity contribution in [3.8, 4) is 11.3 Å². The maximum Gasteiger partial charge on any atom is 0.132 e. The monoisotopic (exact) mass is 232 g/mol. The molecule has 88 valence electrons. The number of nitrogens with zero attached hydrogens (tertiary/aromatic N) is 1. The molecule has 0 aliphatic heterocycles. The molecule has 0 fully saturated rings. The highest BCUT2D eigenvalue weighted by molar-refractivity contribution is 5.66. The average Bonchev–Trinajstić information content (AvgIpc) is 2.31. The second-order valence-corrected chi connectivity index (χ2v) is 3.82. The summed E-state index contributed by atoms with van der Waals surface area (Å²) in [6.07, 6.45) is 0. The fourth-order valence-corrected chi connectivity index (χ4v) is 1.73. The van der Waals surface area contributed by atoms with Gasteiger partial charge in [0.25, 0.3) is 0 Å². The van der Waals surface area contributed by atoms with Crippen molar-refractivity contribution < 1.29 is 9.50 Å². The Morgan fingerprint density at radius 2 is 2.06 bits per heavy atom. The highest BCUT2D eigenvalue weighted by Crippen LogP contribution is 2.26. The second kappa shape index (κ2) is 4.51. The number of anilines is 1. The smallest absolute Gasteiger partial charge is 0.132 e. The van der Waals surface area contributed by atoms with Crippen LogP contribution in [0.1, 0.15) is 11.3 Å². The molecule has 4 heteroatoms. The number of hydrogen-bond acceptors (Lipinski definition) is 3. The minimum atomic E-state index is -0.328. The summed E-state index contributed by atoms with van der Waals surface area (Å²) in [6.45, 7) is 1.56. The first kappa shape index (κ1) is 11.5. The van der Waals surface area contributed by atoms with Crippen molar-refractivity contribution in [1.29, 1.82) is 0 Å². The van der Waals surface area contributed by atoms with E-state index in [9.17, 15) is 4.39 Å². The molecule has 1 aromatic heterocycles. The predicted octanol–water partition coefficient (Wildman–Crippen LogP) is 2.27. The lowest BCUT2D eigenvalue weighted by atomic mass is 10.0. The fraction of sp³-hybridized carbons (Fsp3) is 0.154. The fourth-order valence-electron chi connectivity index (χ4n) is 1.73. The van der Waals surface area contributed by atoms with E-state index in [1.165, 1.54) is 6.07 Å². The van der Waals surface area contributed by atoms with Gasteiger partial charge in [-0.05, 0) is 30.7 Å². The van der Waals surface area contributed by atoms with Crippen molar-refractivity contribution >= 4 is 5.69 Å². The molecule has 0 aliphatic carbocycles. The molecule has 2 rings (SSSR count). The molecule has 1 heterocycles. The van der Waals surface area contributed by atoms with Crippen LogP contribution in [0.4, 0.5) is 10.1 Å².